The van der Waals surface area contributed by atoms with E-state index >= 15 is 0 Å². The Hall–Kier alpha value is -5.62. The lowest BCUT2D eigenvalue weighted by Gasteiger charge is -2.28. The zero-order chi connectivity index (χ0) is 37.8. The highest BCUT2D eigenvalue weighted by Crippen LogP contribution is 2.44. The summed E-state index contributed by atoms with van der Waals surface area (Å²) in [6.45, 7) is 4.76. The molecule has 0 fully saturated rings. The zero-order valence-electron chi connectivity index (χ0n) is 28.1. The van der Waals surface area contributed by atoms with E-state index in [1.54, 1.807) is 20.8 Å². The van der Waals surface area contributed by atoms with Gasteiger partial charge in [-0.25, -0.2) is 9.59 Å². The van der Waals surface area contributed by atoms with Crippen molar-refractivity contribution in [2.45, 2.75) is 50.6 Å². The van der Waals surface area contributed by atoms with Crippen molar-refractivity contribution < 1.29 is 58.0 Å². The smallest absolute Gasteiger partial charge is 0.408 e. The summed E-state index contributed by atoms with van der Waals surface area (Å²) in [5.74, 6) is -4.41. The largest absolute Gasteiger partial charge is 0.504 e. The number of aromatic hydroxyl groups is 1. The Bertz CT molecular complexity index is 1860. The number of carbonyl (C=O) groups excluding carboxylic acids is 4. The van der Waals surface area contributed by atoms with Crippen molar-refractivity contribution in [2.24, 2.45) is 0 Å². The number of nitrogens with one attached hydrogen (secondary N) is 3. The lowest BCUT2D eigenvalue weighted by molar-refractivity contribution is -0.385. The highest BCUT2D eigenvalue weighted by Gasteiger charge is 2.37. The van der Waals surface area contributed by atoms with E-state index in [1.165, 1.54) is 44.6 Å². The molecule has 0 aromatic heterocycles. The van der Waals surface area contributed by atoms with Crippen LogP contribution in [0, 0.1) is 10.1 Å². The van der Waals surface area contributed by atoms with Crippen LogP contribution in [-0.2, 0) is 23.9 Å². The van der Waals surface area contributed by atoms with Crippen LogP contribution < -0.4 is 30.2 Å². The van der Waals surface area contributed by atoms with E-state index in [1.807, 2.05) is 0 Å². The average molecular weight is 776 g/mol. The topological polar surface area (TPSA) is 234 Å². The molecule has 2 aliphatic heterocycles. The molecule has 3 aromatic carbocycles. The predicted molar refractivity (Wildman–Crippen MR) is 180 cm³/mol. The molecule has 18 heteroatoms. The van der Waals surface area contributed by atoms with Gasteiger partial charge in [-0.05, 0) is 83.7 Å². The van der Waals surface area contributed by atoms with Gasteiger partial charge in [-0.15, -0.1) is 0 Å². The number of halogens is 1. The summed E-state index contributed by atoms with van der Waals surface area (Å²) in [5, 5.41) is 41.8. The third kappa shape index (κ3) is 8.76. The van der Waals surface area contributed by atoms with Crippen molar-refractivity contribution in [3.05, 3.63) is 79.8 Å². The molecule has 51 heavy (non-hydrogen) atoms. The highest BCUT2D eigenvalue weighted by atomic mass is 79.9. The third-order valence-electron chi connectivity index (χ3n) is 7.39. The van der Waals surface area contributed by atoms with Crippen molar-refractivity contribution in [1.82, 2.24) is 16.0 Å². The second kappa shape index (κ2) is 15.5. The molecule has 3 aromatic rings. The Morgan fingerprint density at radius 1 is 0.941 bits per heavy atom. The monoisotopic (exact) mass is 774 g/mol. The number of esters is 1. The molecule has 2 heterocycles. The Morgan fingerprint density at radius 3 is 2.22 bits per heavy atom. The molecular weight excluding hydrogens is 740 g/mol. The third-order valence-corrected chi connectivity index (χ3v) is 8.01. The quantitative estimate of drug-likeness (QED) is 0.136. The lowest BCUT2D eigenvalue weighted by Crippen LogP contribution is -2.51. The average Bonchev–Trinajstić information content (AvgIpc) is 3.06. The summed E-state index contributed by atoms with van der Waals surface area (Å²) in [7, 11) is 3.60. The number of fused-ring (bicyclic) bond motifs is 9. The Morgan fingerprint density at radius 2 is 1.63 bits per heavy atom. The van der Waals surface area contributed by atoms with Gasteiger partial charge in [0.05, 0.1) is 30.7 Å². The summed E-state index contributed by atoms with van der Waals surface area (Å²) in [4.78, 5) is 65.7. The van der Waals surface area contributed by atoms with E-state index in [0.29, 0.717) is 10.2 Å². The molecule has 5 rings (SSSR count). The molecule has 0 radical (unpaired) electrons. The second-order valence-electron chi connectivity index (χ2n) is 12.0. The van der Waals surface area contributed by atoms with Gasteiger partial charge in [0.2, 0.25) is 23.3 Å². The molecule has 0 aliphatic carbocycles. The molecule has 0 saturated carbocycles. The number of aliphatic hydroxyl groups is 1. The number of amides is 3. The Labute approximate surface area is 299 Å². The Balaban J connectivity index is 2.01. The van der Waals surface area contributed by atoms with E-state index in [2.05, 4.69) is 31.9 Å². The number of nitro benzene ring substituents is 1. The number of rotatable bonds is 6. The number of aliphatic hydroxyl groups excluding tert-OH is 1. The van der Waals surface area contributed by atoms with Gasteiger partial charge in [-0.2, -0.15) is 0 Å². The van der Waals surface area contributed by atoms with Gasteiger partial charge in [0, 0.05) is 6.07 Å². The summed E-state index contributed by atoms with van der Waals surface area (Å²) >= 11 is 3.34. The minimum absolute atomic E-state index is 0.129. The summed E-state index contributed by atoms with van der Waals surface area (Å²) in [6, 6.07) is 4.71. The maximum Gasteiger partial charge on any atom is 0.408 e. The van der Waals surface area contributed by atoms with Gasteiger partial charge in [0.1, 0.15) is 29.5 Å². The molecule has 0 spiro atoms. The van der Waals surface area contributed by atoms with Crippen molar-refractivity contribution in [1.29, 1.82) is 0 Å². The number of phenolic OH excluding ortho intramolecular Hbond substituents is 1. The van der Waals surface area contributed by atoms with Crippen LogP contribution in [0.1, 0.15) is 55.6 Å². The van der Waals surface area contributed by atoms with Gasteiger partial charge < -0.3 is 49.8 Å². The number of benzene rings is 3. The SMILES string of the molecule is COC(=O)[C@H]1NC(=O)[C@@H](c2ccc(OC)c(Br)c2)NC(=O)[C@H](NC(=O)OC(C)(C)C)c2cc(O)c(OC)c(c2)Oc2ccc(cc2[N+](=O)[O-])[C@H]1O. The van der Waals surface area contributed by atoms with Crippen LogP contribution >= 0.6 is 15.9 Å². The van der Waals surface area contributed by atoms with E-state index in [0.717, 1.165) is 25.3 Å². The summed E-state index contributed by atoms with van der Waals surface area (Å²) in [6.07, 6.45) is -2.98. The van der Waals surface area contributed by atoms with Crippen LogP contribution in [0.3, 0.4) is 0 Å². The fourth-order valence-electron chi connectivity index (χ4n) is 5.06. The molecule has 5 N–H and O–H groups in total. The standard InChI is InChI=1S/C33H35BrN4O13/c1-33(2,3)51-32(44)37-25-17-13-20(39)28(48-5)23(14-17)50-22-10-8-16(12-19(22)38(45)46)27(40)26(31(43)49-6)36-29(41)24(35-30(25)42)15-7-9-21(47-4)18(34)11-15/h7-14,24-27,39-40H,1-6H3,(H,35,42)(H,36,41)(H,37,44)/t24-,25-,26+,27-/m1/s1. The normalized spacial score (nSPS) is 19.1. The molecular formula is C33H35BrN4O13. The fraction of sp³-hybridized carbons (Fsp3) is 0.333. The molecule has 17 nitrogen and oxygen atoms in total. The maximum absolute atomic E-state index is 14.2. The first-order valence-corrected chi connectivity index (χ1v) is 15.8. The Kier molecular flexibility index (Phi) is 11.6. The number of alkyl carbamates (subject to hydrolysis) is 1. The number of hydrogen-bond donors (Lipinski definition) is 5. The first kappa shape index (κ1) is 38.2. The minimum Gasteiger partial charge on any atom is -0.504 e. The molecule has 2 aliphatic rings. The molecule has 0 saturated heterocycles. The number of phenols is 1. The van der Waals surface area contributed by atoms with Crippen molar-refractivity contribution in [2.75, 3.05) is 21.3 Å². The minimum atomic E-state index is -1.91. The maximum atomic E-state index is 14.2. The number of ether oxygens (including phenoxy) is 5. The van der Waals surface area contributed by atoms with E-state index in [4.69, 9.17) is 23.7 Å². The molecule has 0 unspecified atom stereocenters. The van der Waals surface area contributed by atoms with Crippen LogP contribution in [0.5, 0.6) is 28.7 Å². The number of nitrogens with zero attached hydrogens (tertiary/aromatic N) is 1. The lowest BCUT2D eigenvalue weighted by atomic mass is 9.98. The van der Waals surface area contributed by atoms with Crippen molar-refractivity contribution in [3.8, 4) is 28.7 Å². The zero-order valence-corrected chi connectivity index (χ0v) is 29.7. The molecule has 4 atom stereocenters. The van der Waals surface area contributed by atoms with Crippen LogP contribution in [0.4, 0.5) is 10.5 Å². The molecule has 272 valence electrons. The van der Waals surface area contributed by atoms with E-state index < -0.39 is 75.8 Å². The second-order valence-corrected chi connectivity index (χ2v) is 12.9. The van der Waals surface area contributed by atoms with Crippen molar-refractivity contribution >= 4 is 45.5 Å². The van der Waals surface area contributed by atoms with Gasteiger partial charge in [-0.1, -0.05) is 12.1 Å². The van der Waals surface area contributed by atoms with Gasteiger partial charge in [0.25, 0.3) is 0 Å². The van der Waals surface area contributed by atoms with Gasteiger partial charge in [0.15, 0.2) is 17.5 Å². The molecule has 4 bridgehead atoms. The number of nitro groups is 1. The molecule has 3 amide bonds. The van der Waals surface area contributed by atoms with Gasteiger partial charge >= 0.3 is 17.7 Å². The van der Waals surface area contributed by atoms with Crippen LogP contribution in [-0.4, -0.2) is 72.0 Å². The van der Waals surface area contributed by atoms with Crippen LogP contribution in [0.15, 0.2) is 53.0 Å². The van der Waals surface area contributed by atoms with E-state index in [-0.39, 0.29) is 28.2 Å². The summed E-state index contributed by atoms with van der Waals surface area (Å²) in [5.41, 5.74) is -1.87. The van der Waals surface area contributed by atoms with Gasteiger partial charge in [-0.3, -0.25) is 19.7 Å². The first-order chi connectivity index (χ1) is 24.0. The number of hydrogen-bond acceptors (Lipinski definition) is 13. The highest BCUT2D eigenvalue weighted by molar-refractivity contribution is 9.10. The summed E-state index contributed by atoms with van der Waals surface area (Å²) < 4.78 is 27.0. The predicted octanol–water partition coefficient (Wildman–Crippen LogP) is 4.00. The number of methoxy groups -OCH3 is 3. The number of carbonyl (C=O) groups is 4. The first-order valence-electron chi connectivity index (χ1n) is 15.0. The van der Waals surface area contributed by atoms with E-state index in [9.17, 15) is 39.5 Å². The van der Waals surface area contributed by atoms with Crippen LogP contribution in [0.2, 0.25) is 0 Å². The fourth-order valence-corrected chi connectivity index (χ4v) is 5.62. The van der Waals surface area contributed by atoms with Crippen molar-refractivity contribution in [3.63, 3.8) is 0 Å². The van der Waals surface area contributed by atoms with Crippen LogP contribution in [0.25, 0.3) is 0 Å².